The van der Waals surface area contributed by atoms with Gasteiger partial charge >= 0.3 is 35.6 Å². The SMILES string of the molecule is O=C(Nc1nccs1)c1ccn(C2=CC3CN(C2)C(=O)N3OS(=O)(=O)[O-])n1.[Na+]. The van der Waals surface area contributed by atoms with Crippen molar-refractivity contribution in [1.29, 1.82) is 0 Å². The Bertz CT molecular complexity index is 1040. The molecule has 12 nitrogen and oxygen atoms in total. The molecule has 2 aromatic heterocycles. The maximum Gasteiger partial charge on any atom is 1.00 e. The smallest absolute Gasteiger partial charge is 0.724 e. The molecule has 4 rings (SSSR count). The third kappa shape index (κ3) is 4.27. The van der Waals surface area contributed by atoms with Crippen LogP contribution >= 0.6 is 11.3 Å². The second-order valence-electron chi connectivity index (χ2n) is 5.63. The Kier molecular flexibility index (Phi) is 5.90. The van der Waals surface area contributed by atoms with Crippen LogP contribution in [-0.4, -0.2) is 68.8 Å². The molecule has 1 N–H and O–H groups in total. The first-order valence-electron chi connectivity index (χ1n) is 7.51. The number of fused-ring (bicyclic) bond motifs is 2. The van der Waals surface area contributed by atoms with E-state index in [1.165, 1.54) is 33.2 Å². The summed E-state index contributed by atoms with van der Waals surface area (Å²) in [5.74, 6) is -0.443. The van der Waals surface area contributed by atoms with E-state index in [1.54, 1.807) is 17.7 Å². The van der Waals surface area contributed by atoms with Crippen molar-refractivity contribution in [3.8, 4) is 0 Å². The van der Waals surface area contributed by atoms with Gasteiger partial charge in [-0.05, 0) is 12.1 Å². The number of carbonyl (C=O) groups excluding carboxylic acids is 2. The number of carbonyl (C=O) groups is 2. The van der Waals surface area contributed by atoms with Crippen molar-refractivity contribution in [2.45, 2.75) is 6.04 Å². The molecule has 2 aliphatic heterocycles. The van der Waals surface area contributed by atoms with E-state index in [-0.39, 0.29) is 48.3 Å². The van der Waals surface area contributed by atoms with Crippen LogP contribution in [-0.2, 0) is 14.7 Å². The van der Waals surface area contributed by atoms with Crippen molar-refractivity contribution >= 4 is 44.5 Å². The van der Waals surface area contributed by atoms with E-state index in [0.717, 1.165) is 0 Å². The molecule has 2 aromatic rings. The molecule has 2 bridgehead atoms. The molecule has 0 aliphatic carbocycles. The van der Waals surface area contributed by atoms with E-state index in [1.807, 2.05) is 0 Å². The van der Waals surface area contributed by atoms with Crippen LogP contribution in [0.15, 0.2) is 29.9 Å². The third-order valence-electron chi connectivity index (χ3n) is 3.85. The number of anilines is 1. The molecule has 1 fully saturated rings. The van der Waals surface area contributed by atoms with Crippen molar-refractivity contribution in [2.75, 3.05) is 18.4 Å². The van der Waals surface area contributed by atoms with Gasteiger partial charge in [0, 0.05) is 24.3 Å². The molecule has 142 valence electrons. The van der Waals surface area contributed by atoms with Crippen LogP contribution in [0.25, 0.3) is 5.70 Å². The topological polar surface area (TPSA) is 150 Å². The quantitative estimate of drug-likeness (QED) is 0.296. The largest absolute Gasteiger partial charge is 1.00 e. The summed E-state index contributed by atoms with van der Waals surface area (Å²) >= 11 is 1.27. The molecule has 2 aliphatic rings. The van der Waals surface area contributed by atoms with Crippen LogP contribution in [0.1, 0.15) is 10.5 Å². The van der Waals surface area contributed by atoms with Gasteiger partial charge in [-0.1, -0.05) is 0 Å². The van der Waals surface area contributed by atoms with Crippen molar-refractivity contribution < 1.29 is 56.4 Å². The maximum atomic E-state index is 12.2. The summed E-state index contributed by atoms with van der Waals surface area (Å²) in [6, 6.07) is -0.00490. The van der Waals surface area contributed by atoms with Crippen molar-refractivity contribution in [3.05, 3.63) is 35.6 Å². The molecule has 1 atom stereocenters. The maximum absolute atomic E-state index is 12.2. The standard InChI is InChI=1S/C13H12N6O6S2.Na/c20-11(15-12-14-2-4-26-12)10-1-3-18(16-10)8-5-9-7-17(6-8)13(21)19(9)25-27(22,23)24;/h1-5,9H,6-7H2,(H,14,15,20)(H,22,23,24);/q;+1/p-1. The number of urea groups is 1. The Morgan fingerprint density at radius 1 is 1.43 bits per heavy atom. The van der Waals surface area contributed by atoms with Gasteiger partial charge in [0.25, 0.3) is 5.91 Å². The summed E-state index contributed by atoms with van der Waals surface area (Å²) in [5, 5.41) is 9.46. The minimum absolute atomic E-state index is 0. The fourth-order valence-electron chi connectivity index (χ4n) is 2.77. The van der Waals surface area contributed by atoms with Gasteiger partial charge in [0.15, 0.2) is 10.8 Å². The number of thiazole rings is 1. The summed E-state index contributed by atoms with van der Waals surface area (Å²) in [7, 11) is -5.07. The van der Waals surface area contributed by atoms with Gasteiger partial charge in [-0.2, -0.15) is 14.4 Å². The number of aromatic nitrogens is 3. The van der Waals surface area contributed by atoms with Gasteiger partial charge in [-0.15, -0.1) is 11.3 Å². The van der Waals surface area contributed by atoms with Crippen LogP contribution < -0.4 is 34.9 Å². The number of hydrogen-bond acceptors (Lipinski definition) is 9. The van der Waals surface area contributed by atoms with Crippen LogP contribution in [0.3, 0.4) is 0 Å². The second kappa shape index (κ2) is 7.90. The fraction of sp³-hybridized carbons (Fsp3) is 0.231. The van der Waals surface area contributed by atoms with Gasteiger partial charge < -0.3 is 9.45 Å². The molecule has 0 spiro atoms. The summed E-state index contributed by atoms with van der Waals surface area (Å²) in [6.45, 7) is 0.291. The molecular weight excluding hydrogens is 423 g/mol. The van der Waals surface area contributed by atoms with E-state index in [0.29, 0.717) is 15.9 Å². The predicted octanol–water partition coefficient (Wildman–Crippen LogP) is -3.05. The predicted molar refractivity (Wildman–Crippen MR) is 89.9 cm³/mol. The number of hydroxylamine groups is 2. The Morgan fingerprint density at radius 2 is 2.21 bits per heavy atom. The van der Waals surface area contributed by atoms with Crippen LogP contribution in [0.2, 0.25) is 0 Å². The molecule has 1 unspecified atom stereocenters. The van der Waals surface area contributed by atoms with Gasteiger partial charge in [-0.25, -0.2) is 22.9 Å². The molecule has 4 heterocycles. The summed E-state index contributed by atoms with van der Waals surface area (Å²) in [5.41, 5.74) is 0.669. The van der Waals surface area contributed by atoms with Gasteiger partial charge in [0.05, 0.1) is 12.2 Å². The number of rotatable bonds is 5. The third-order valence-corrected chi connectivity index (χ3v) is 4.88. The van der Waals surface area contributed by atoms with Crippen molar-refractivity contribution in [1.82, 2.24) is 24.7 Å². The zero-order valence-corrected chi connectivity index (χ0v) is 18.0. The van der Waals surface area contributed by atoms with Crippen molar-refractivity contribution in [3.63, 3.8) is 0 Å². The first-order valence-corrected chi connectivity index (χ1v) is 9.72. The van der Waals surface area contributed by atoms with Gasteiger partial charge in [0.1, 0.15) is 6.04 Å². The van der Waals surface area contributed by atoms with Crippen LogP contribution in [0.5, 0.6) is 0 Å². The molecule has 28 heavy (non-hydrogen) atoms. The average molecular weight is 434 g/mol. The Hall–Kier alpha value is -1.81. The zero-order chi connectivity index (χ0) is 19.2. The zero-order valence-electron chi connectivity index (χ0n) is 14.4. The Morgan fingerprint density at radius 3 is 2.89 bits per heavy atom. The van der Waals surface area contributed by atoms with E-state index in [2.05, 4.69) is 19.7 Å². The monoisotopic (exact) mass is 434 g/mol. The number of nitrogens with one attached hydrogen (secondary N) is 1. The molecule has 1 saturated heterocycles. The minimum Gasteiger partial charge on any atom is -0.724 e. The summed E-state index contributed by atoms with van der Waals surface area (Å²) in [4.78, 5) is 29.6. The summed E-state index contributed by atoms with van der Waals surface area (Å²) in [6.07, 6.45) is 4.65. The van der Waals surface area contributed by atoms with Gasteiger partial charge in [0.2, 0.25) is 10.4 Å². The first kappa shape index (κ1) is 20.9. The Labute approximate surface area is 185 Å². The van der Waals surface area contributed by atoms with Crippen LogP contribution in [0, 0.1) is 0 Å². The van der Waals surface area contributed by atoms with E-state index in [9.17, 15) is 22.6 Å². The Balaban J connectivity index is 0.00000225. The molecular formula is C13H11N6NaO6S2. The fourth-order valence-corrected chi connectivity index (χ4v) is 3.66. The molecule has 0 saturated carbocycles. The first-order chi connectivity index (χ1) is 12.8. The number of amides is 3. The minimum atomic E-state index is -5.07. The normalized spacial score (nSPS) is 18.7. The van der Waals surface area contributed by atoms with Crippen LogP contribution in [0.4, 0.5) is 9.93 Å². The van der Waals surface area contributed by atoms with E-state index >= 15 is 0 Å². The summed E-state index contributed by atoms with van der Waals surface area (Å²) < 4.78 is 38.0. The molecule has 0 radical (unpaired) electrons. The van der Waals surface area contributed by atoms with Gasteiger partial charge in [-0.3, -0.25) is 10.1 Å². The molecule has 0 aromatic carbocycles. The van der Waals surface area contributed by atoms with Crippen molar-refractivity contribution in [2.24, 2.45) is 0 Å². The number of hydrogen-bond donors (Lipinski definition) is 1. The second-order valence-corrected chi connectivity index (χ2v) is 7.49. The van der Waals surface area contributed by atoms with E-state index in [4.69, 9.17) is 0 Å². The molecule has 15 heteroatoms. The average Bonchev–Trinajstić information content (AvgIpc) is 3.32. The number of nitrogens with zero attached hydrogens (tertiary/aromatic N) is 5. The van der Waals surface area contributed by atoms with E-state index < -0.39 is 28.4 Å². The molecule has 3 amide bonds.